The molecule has 0 spiro atoms. The minimum Gasteiger partial charge on any atom is -0.481 e. The Hall–Kier alpha value is -0.530. The van der Waals surface area contributed by atoms with E-state index in [9.17, 15) is 4.79 Å². The second kappa shape index (κ2) is 6.95. The van der Waals surface area contributed by atoms with Gasteiger partial charge in [0.05, 0.1) is 5.92 Å². The molecule has 0 radical (unpaired) electrons. The van der Waals surface area contributed by atoms with E-state index >= 15 is 0 Å². The van der Waals surface area contributed by atoms with Gasteiger partial charge in [0.15, 0.2) is 0 Å². The van der Waals surface area contributed by atoms with Crippen molar-refractivity contribution < 1.29 is 9.90 Å². The first-order chi connectivity index (χ1) is 9.17. The van der Waals surface area contributed by atoms with Gasteiger partial charge in [-0.1, -0.05) is 60.3 Å². The van der Waals surface area contributed by atoms with Crippen LogP contribution in [0.1, 0.15) is 86.0 Å². The molecule has 1 aliphatic carbocycles. The largest absolute Gasteiger partial charge is 0.481 e. The van der Waals surface area contributed by atoms with Crippen LogP contribution in [-0.2, 0) is 4.79 Å². The fraction of sp³-hybridized carbons (Fsp3) is 0.944. The third-order valence-corrected chi connectivity index (χ3v) is 5.08. The van der Waals surface area contributed by atoms with Gasteiger partial charge in [0.1, 0.15) is 0 Å². The topological polar surface area (TPSA) is 37.3 Å². The summed E-state index contributed by atoms with van der Waals surface area (Å²) in [5.41, 5.74) is 0.884. The van der Waals surface area contributed by atoms with Crippen LogP contribution in [0.4, 0.5) is 0 Å². The number of unbranched alkanes of at least 4 members (excludes halogenated alkanes) is 2. The minimum absolute atomic E-state index is 0.0169. The molecule has 0 amide bonds. The van der Waals surface area contributed by atoms with E-state index in [0.29, 0.717) is 16.7 Å². The van der Waals surface area contributed by atoms with Crippen molar-refractivity contribution in [2.24, 2.45) is 22.7 Å². The van der Waals surface area contributed by atoms with Crippen molar-refractivity contribution in [3.63, 3.8) is 0 Å². The second-order valence-corrected chi connectivity index (χ2v) is 8.40. The summed E-state index contributed by atoms with van der Waals surface area (Å²) >= 11 is 0. The van der Waals surface area contributed by atoms with E-state index in [4.69, 9.17) is 5.11 Å². The summed E-state index contributed by atoms with van der Waals surface area (Å²) in [5.74, 6) is -0.116. The molecule has 2 heteroatoms. The van der Waals surface area contributed by atoms with Crippen molar-refractivity contribution in [3.05, 3.63) is 0 Å². The van der Waals surface area contributed by atoms with Crippen molar-refractivity contribution in [1.29, 1.82) is 0 Å². The third-order valence-electron chi connectivity index (χ3n) is 5.08. The Bertz CT molecular complexity index is 317. The summed E-state index contributed by atoms with van der Waals surface area (Å²) in [6.45, 7) is 11.8. The van der Waals surface area contributed by atoms with Gasteiger partial charge >= 0.3 is 5.97 Å². The van der Waals surface area contributed by atoms with Crippen molar-refractivity contribution in [3.8, 4) is 0 Å². The van der Waals surface area contributed by atoms with E-state index < -0.39 is 5.97 Å². The molecule has 0 aromatic rings. The number of hydrogen-bond donors (Lipinski definition) is 1. The van der Waals surface area contributed by atoms with Crippen LogP contribution in [-0.4, -0.2) is 11.1 Å². The molecule has 2 nitrogen and oxygen atoms in total. The number of aliphatic carboxylic acids is 1. The summed E-state index contributed by atoms with van der Waals surface area (Å²) < 4.78 is 0. The maximum absolute atomic E-state index is 10.8. The number of carboxylic acid groups (broad SMARTS) is 1. The highest BCUT2D eigenvalue weighted by Crippen LogP contribution is 2.43. The maximum atomic E-state index is 10.8. The van der Waals surface area contributed by atoms with Crippen LogP contribution in [0.15, 0.2) is 0 Å². The molecule has 0 heterocycles. The zero-order valence-corrected chi connectivity index (χ0v) is 14.2. The average molecular weight is 282 g/mol. The maximum Gasteiger partial charge on any atom is 0.306 e. The molecule has 0 bridgehead atoms. The van der Waals surface area contributed by atoms with Gasteiger partial charge in [0.25, 0.3) is 0 Å². The minimum atomic E-state index is -0.585. The Morgan fingerprint density at radius 1 is 1.10 bits per heavy atom. The predicted molar refractivity (Wildman–Crippen MR) is 84.8 cm³/mol. The molecular weight excluding hydrogens is 248 g/mol. The zero-order chi connectivity index (χ0) is 15.4. The van der Waals surface area contributed by atoms with Gasteiger partial charge in [-0.3, -0.25) is 4.79 Å². The quantitative estimate of drug-likeness (QED) is 0.536. The smallest absolute Gasteiger partial charge is 0.306 e. The lowest BCUT2D eigenvalue weighted by molar-refractivity contribution is -0.138. The van der Waals surface area contributed by atoms with Gasteiger partial charge in [-0.05, 0) is 42.4 Å². The molecule has 0 saturated heterocycles. The molecule has 0 aliphatic heterocycles. The molecular formula is C18H34O2. The first-order valence-corrected chi connectivity index (χ1v) is 8.40. The van der Waals surface area contributed by atoms with E-state index in [-0.39, 0.29) is 5.92 Å². The standard InChI is InChI=1S/C18H34O2/c1-6-17(2,3)13-18(4,5)11-9-7-8-10-14-12-15(14)16(19)20/h14-15H,6-13H2,1-5H3,(H,19,20). The molecule has 0 aromatic carbocycles. The zero-order valence-electron chi connectivity index (χ0n) is 14.2. The van der Waals surface area contributed by atoms with E-state index in [1.54, 1.807) is 0 Å². The van der Waals surface area contributed by atoms with E-state index in [1.807, 2.05) is 0 Å². The highest BCUT2D eigenvalue weighted by Gasteiger charge is 2.42. The fourth-order valence-corrected chi connectivity index (χ4v) is 3.56. The summed E-state index contributed by atoms with van der Waals surface area (Å²) in [6.07, 6.45) is 9.64. The van der Waals surface area contributed by atoms with Crippen LogP contribution >= 0.6 is 0 Å². The van der Waals surface area contributed by atoms with Crippen molar-refractivity contribution in [2.75, 3.05) is 0 Å². The van der Waals surface area contributed by atoms with Crippen molar-refractivity contribution >= 4 is 5.97 Å². The van der Waals surface area contributed by atoms with Gasteiger partial charge in [0.2, 0.25) is 0 Å². The Labute approximate surface area is 125 Å². The molecule has 2 atom stereocenters. The highest BCUT2D eigenvalue weighted by molar-refractivity contribution is 5.73. The van der Waals surface area contributed by atoms with Crippen molar-refractivity contribution in [2.45, 2.75) is 86.0 Å². The predicted octanol–water partition coefficient (Wildman–Crippen LogP) is 5.51. The first-order valence-electron chi connectivity index (χ1n) is 8.40. The fourth-order valence-electron chi connectivity index (χ4n) is 3.56. The molecule has 2 unspecified atom stereocenters. The molecule has 1 aliphatic rings. The van der Waals surface area contributed by atoms with Crippen LogP contribution in [0.3, 0.4) is 0 Å². The lowest BCUT2D eigenvalue weighted by Gasteiger charge is -2.34. The molecule has 1 fully saturated rings. The molecule has 0 aromatic heterocycles. The van der Waals surface area contributed by atoms with Crippen LogP contribution in [0.2, 0.25) is 0 Å². The van der Waals surface area contributed by atoms with E-state index in [2.05, 4.69) is 34.6 Å². The van der Waals surface area contributed by atoms with Gasteiger partial charge in [-0.2, -0.15) is 0 Å². The Kier molecular flexibility index (Phi) is 6.09. The van der Waals surface area contributed by atoms with Crippen LogP contribution in [0.5, 0.6) is 0 Å². The summed E-state index contributed by atoms with van der Waals surface area (Å²) in [5, 5.41) is 8.86. The van der Waals surface area contributed by atoms with Gasteiger partial charge in [-0.15, -0.1) is 0 Å². The van der Waals surface area contributed by atoms with E-state index in [1.165, 1.54) is 38.5 Å². The normalized spacial score (nSPS) is 22.9. The Morgan fingerprint density at radius 2 is 1.75 bits per heavy atom. The average Bonchev–Trinajstić information content (AvgIpc) is 3.06. The van der Waals surface area contributed by atoms with Crippen molar-refractivity contribution in [1.82, 2.24) is 0 Å². The number of carboxylic acids is 1. The van der Waals surface area contributed by atoms with Gasteiger partial charge in [-0.25, -0.2) is 0 Å². The van der Waals surface area contributed by atoms with Gasteiger partial charge < -0.3 is 5.11 Å². The molecule has 1 N–H and O–H groups in total. The lowest BCUT2D eigenvalue weighted by atomic mass is 9.71. The van der Waals surface area contributed by atoms with Crippen LogP contribution in [0.25, 0.3) is 0 Å². The number of hydrogen-bond acceptors (Lipinski definition) is 1. The number of carbonyl (C=O) groups is 1. The molecule has 1 saturated carbocycles. The summed E-state index contributed by atoms with van der Waals surface area (Å²) in [6, 6.07) is 0. The van der Waals surface area contributed by atoms with Crippen LogP contribution in [0, 0.1) is 22.7 Å². The number of rotatable bonds is 10. The Balaban J connectivity index is 2.10. The first kappa shape index (κ1) is 17.5. The van der Waals surface area contributed by atoms with E-state index in [0.717, 1.165) is 12.8 Å². The second-order valence-electron chi connectivity index (χ2n) is 8.40. The van der Waals surface area contributed by atoms with Crippen LogP contribution < -0.4 is 0 Å². The molecule has 1 rings (SSSR count). The highest BCUT2D eigenvalue weighted by atomic mass is 16.4. The molecule has 20 heavy (non-hydrogen) atoms. The monoisotopic (exact) mass is 282 g/mol. The molecule has 118 valence electrons. The lowest BCUT2D eigenvalue weighted by Crippen LogP contribution is -2.22. The third kappa shape index (κ3) is 6.28. The SMILES string of the molecule is CCC(C)(C)CC(C)(C)CCCCCC1CC1C(=O)O. The van der Waals surface area contributed by atoms with Gasteiger partial charge in [0, 0.05) is 0 Å². The summed E-state index contributed by atoms with van der Waals surface area (Å²) in [4.78, 5) is 10.8. The summed E-state index contributed by atoms with van der Waals surface area (Å²) in [7, 11) is 0. The Morgan fingerprint density at radius 3 is 2.25 bits per heavy atom.